The third kappa shape index (κ3) is 5.63. The summed E-state index contributed by atoms with van der Waals surface area (Å²) < 4.78 is 16.0. The van der Waals surface area contributed by atoms with E-state index in [1.54, 1.807) is 49.6 Å². The van der Waals surface area contributed by atoms with Gasteiger partial charge >= 0.3 is 5.97 Å². The molecule has 31 heavy (non-hydrogen) atoms. The molecule has 0 saturated heterocycles. The van der Waals surface area contributed by atoms with Gasteiger partial charge in [0.05, 0.1) is 19.8 Å². The quantitative estimate of drug-likeness (QED) is 0.550. The number of ether oxygens (including phenoxy) is 3. The van der Waals surface area contributed by atoms with Crippen LogP contribution in [0, 0.1) is 13.8 Å². The summed E-state index contributed by atoms with van der Waals surface area (Å²) in [5.74, 6) is 0.700. The summed E-state index contributed by atoms with van der Waals surface area (Å²) in [6.45, 7) is 4.30. The molecule has 0 aliphatic rings. The first-order valence-electron chi connectivity index (χ1n) is 9.77. The topological polar surface area (TPSA) is 73.9 Å². The highest BCUT2D eigenvalue weighted by Gasteiger charge is 2.12. The lowest BCUT2D eigenvalue weighted by molar-refractivity contribution is 0.0600. The molecule has 0 atom stereocenters. The Labute approximate surface area is 181 Å². The summed E-state index contributed by atoms with van der Waals surface area (Å²) in [5.41, 5.74) is 4.45. The van der Waals surface area contributed by atoms with Gasteiger partial charge in [-0.15, -0.1) is 0 Å². The third-order valence-corrected chi connectivity index (χ3v) is 4.70. The summed E-state index contributed by atoms with van der Waals surface area (Å²) in [6.07, 6.45) is 0. The van der Waals surface area contributed by atoms with Crippen LogP contribution in [-0.4, -0.2) is 26.1 Å². The van der Waals surface area contributed by atoms with Gasteiger partial charge in [0.2, 0.25) is 0 Å². The van der Waals surface area contributed by atoms with Crippen molar-refractivity contribution in [1.82, 2.24) is 0 Å². The molecule has 0 aliphatic heterocycles. The van der Waals surface area contributed by atoms with Crippen LogP contribution >= 0.6 is 0 Å². The number of esters is 1. The first-order chi connectivity index (χ1) is 14.9. The number of hydrogen-bond acceptors (Lipinski definition) is 5. The molecule has 3 rings (SSSR count). The molecule has 0 spiro atoms. The van der Waals surface area contributed by atoms with Crippen molar-refractivity contribution >= 4 is 17.6 Å². The zero-order chi connectivity index (χ0) is 22.4. The van der Waals surface area contributed by atoms with Crippen molar-refractivity contribution in [3.8, 4) is 11.5 Å². The molecule has 0 fully saturated rings. The lowest BCUT2D eigenvalue weighted by Crippen LogP contribution is -2.13. The van der Waals surface area contributed by atoms with Crippen molar-refractivity contribution in [2.24, 2.45) is 0 Å². The summed E-state index contributed by atoms with van der Waals surface area (Å²) in [4.78, 5) is 24.3. The molecule has 1 N–H and O–H groups in total. The average molecular weight is 419 g/mol. The maximum atomic E-state index is 12.7. The van der Waals surface area contributed by atoms with Gasteiger partial charge in [-0.05, 0) is 79.6 Å². The summed E-state index contributed by atoms with van der Waals surface area (Å²) in [7, 11) is 2.90. The molecule has 6 heteroatoms. The lowest BCUT2D eigenvalue weighted by Gasteiger charge is -2.13. The Morgan fingerprint density at radius 2 is 1.48 bits per heavy atom. The number of anilines is 1. The Balaban J connectivity index is 1.74. The number of carbonyl (C=O) groups excluding carboxylic acids is 2. The summed E-state index contributed by atoms with van der Waals surface area (Å²) in [6, 6.07) is 17.7. The Morgan fingerprint density at radius 1 is 0.839 bits per heavy atom. The van der Waals surface area contributed by atoms with E-state index in [0.29, 0.717) is 22.6 Å². The van der Waals surface area contributed by atoms with Crippen molar-refractivity contribution in [2.45, 2.75) is 20.5 Å². The van der Waals surface area contributed by atoms with Crippen LogP contribution in [0.5, 0.6) is 11.5 Å². The van der Waals surface area contributed by atoms with E-state index in [0.717, 1.165) is 22.4 Å². The van der Waals surface area contributed by atoms with Crippen LogP contribution in [0.1, 0.15) is 37.4 Å². The minimum Gasteiger partial charge on any atom is -0.496 e. The predicted molar refractivity (Wildman–Crippen MR) is 119 cm³/mol. The van der Waals surface area contributed by atoms with Crippen molar-refractivity contribution in [3.05, 3.63) is 88.5 Å². The molecule has 3 aromatic carbocycles. The van der Waals surface area contributed by atoms with Gasteiger partial charge in [0.25, 0.3) is 5.91 Å². The Kier molecular flexibility index (Phi) is 6.92. The van der Waals surface area contributed by atoms with E-state index in [9.17, 15) is 9.59 Å². The zero-order valence-corrected chi connectivity index (χ0v) is 18.0. The minimum atomic E-state index is -0.429. The highest BCUT2D eigenvalue weighted by atomic mass is 16.5. The number of methoxy groups -OCH3 is 2. The summed E-state index contributed by atoms with van der Waals surface area (Å²) >= 11 is 0. The number of aryl methyl sites for hydroxylation is 2. The Bertz CT molecular complexity index is 1070. The second-order valence-corrected chi connectivity index (χ2v) is 7.16. The fourth-order valence-electron chi connectivity index (χ4n) is 3.22. The Hall–Kier alpha value is -3.80. The monoisotopic (exact) mass is 419 g/mol. The number of carbonyl (C=O) groups is 2. The third-order valence-electron chi connectivity index (χ3n) is 4.70. The van der Waals surface area contributed by atoms with E-state index in [1.165, 1.54) is 7.11 Å². The van der Waals surface area contributed by atoms with Crippen molar-refractivity contribution < 1.29 is 23.8 Å². The maximum Gasteiger partial charge on any atom is 0.337 e. The van der Waals surface area contributed by atoms with Crippen molar-refractivity contribution in [3.63, 3.8) is 0 Å². The lowest BCUT2D eigenvalue weighted by atomic mass is 10.1. The van der Waals surface area contributed by atoms with Gasteiger partial charge in [-0.3, -0.25) is 4.79 Å². The molecule has 0 aliphatic carbocycles. The van der Waals surface area contributed by atoms with E-state index >= 15 is 0 Å². The predicted octanol–water partition coefficient (Wildman–Crippen LogP) is 4.93. The minimum absolute atomic E-state index is 0.265. The fraction of sp³-hybridized carbons (Fsp3) is 0.200. The van der Waals surface area contributed by atoms with Gasteiger partial charge < -0.3 is 19.5 Å². The van der Waals surface area contributed by atoms with E-state index < -0.39 is 5.97 Å². The van der Waals surface area contributed by atoms with Gasteiger partial charge in [-0.2, -0.15) is 0 Å². The number of rotatable bonds is 7. The molecule has 0 aromatic heterocycles. The average Bonchev–Trinajstić information content (AvgIpc) is 2.76. The number of amides is 1. The molecule has 0 bridgehead atoms. The van der Waals surface area contributed by atoms with Gasteiger partial charge in [0.1, 0.15) is 18.1 Å². The number of hydrogen-bond donors (Lipinski definition) is 1. The van der Waals surface area contributed by atoms with Crippen LogP contribution in [0.15, 0.2) is 60.7 Å². The van der Waals surface area contributed by atoms with E-state index in [2.05, 4.69) is 16.1 Å². The summed E-state index contributed by atoms with van der Waals surface area (Å²) in [5, 5.41) is 2.82. The molecule has 0 heterocycles. The maximum absolute atomic E-state index is 12.7. The molecule has 3 aromatic rings. The highest BCUT2D eigenvalue weighted by molar-refractivity contribution is 6.04. The van der Waals surface area contributed by atoms with E-state index in [-0.39, 0.29) is 12.5 Å². The van der Waals surface area contributed by atoms with Gasteiger partial charge in [-0.1, -0.05) is 6.07 Å². The second-order valence-electron chi connectivity index (χ2n) is 7.16. The molecule has 0 unspecified atom stereocenters. The molecular weight excluding hydrogens is 394 g/mol. The van der Waals surface area contributed by atoms with Gasteiger partial charge in [0.15, 0.2) is 0 Å². The van der Waals surface area contributed by atoms with Crippen LogP contribution < -0.4 is 14.8 Å². The van der Waals surface area contributed by atoms with Crippen LogP contribution in [0.2, 0.25) is 0 Å². The van der Waals surface area contributed by atoms with Crippen LogP contribution in [0.4, 0.5) is 5.69 Å². The smallest absolute Gasteiger partial charge is 0.337 e. The van der Waals surface area contributed by atoms with Crippen LogP contribution in [-0.2, 0) is 11.3 Å². The number of benzene rings is 3. The highest BCUT2D eigenvalue weighted by Crippen LogP contribution is 2.24. The number of nitrogens with one attached hydrogen (secondary N) is 1. The SMILES string of the molecule is COC(=O)c1ccc(NC(=O)c2ccc(OC)c(COc3cc(C)cc(C)c3)c2)cc1. The fourth-order valence-corrected chi connectivity index (χ4v) is 3.22. The molecule has 1 amide bonds. The van der Waals surface area contributed by atoms with Crippen LogP contribution in [0.3, 0.4) is 0 Å². The first kappa shape index (κ1) is 21.9. The van der Waals surface area contributed by atoms with Gasteiger partial charge in [0, 0.05) is 16.8 Å². The van der Waals surface area contributed by atoms with Gasteiger partial charge in [-0.25, -0.2) is 4.79 Å². The Morgan fingerprint density at radius 3 is 2.10 bits per heavy atom. The van der Waals surface area contributed by atoms with E-state index in [1.807, 2.05) is 26.0 Å². The standard InChI is InChI=1S/C25H25NO5/c1-16-11-17(2)13-22(12-16)31-15-20-14-19(7-10-23(20)29-3)24(27)26-21-8-5-18(6-9-21)25(28)30-4/h5-14H,15H2,1-4H3,(H,26,27). The van der Waals surface area contributed by atoms with Crippen molar-refractivity contribution in [2.75, 3.05) is 19.5 Å². The van der Waals surface area contributed by atoms with Crippen molar-refractivity contribution in [1.29, 1.82) is 0 Å². The normalized spacial score (nSPS) is 10.3. The molecule has 0 saturated carbocycles. The molecule has 160 valence electrons. The zero-order valence-electron chi connectivity index (χ0n) is 18.0. The van der Waals surface area contributed by atoms with Crippen LogP contribution in [0.25, 0.3) is 0 Å². The molecule has 6 nitrogen and oxygen atoms in total. The largest absolute Gasteiger partial charge is 0.496 e. The molecular formula is C25H25NO5. The first-order valence-corrected chi connectivity index (χ1v) is 9.77. The van der Waals surface area contributed by atoms with E-state index in [4.69, 9.17) is 9.47 Å². The second kappa shape index (κ2) is 9.80. The molecule has 0 radical (unpaired) electrons.